The van der Waals surface area contributed by atoms with Crippen LogP contribution in [0.3, 0.4) is 0 Å². The molecule has 0 radical (unpaired) electrons. The number of rotatable bonds is 6. The molecule has 0 aliphatic heterocycles. The van der Waals surface area contributed by atoms with Crippen molar-refractivity contribution in [3.8, 4) is 11.3 Å². The van der Waals surface area contributed by atoms with E-state index >= 15 is 0 Å². The minimum atomic E-state index is -0.221. The summed E-state index contributed by atoms with van der Waals surface area (Å²) in [5, 5.41) is 6.51. The lowest BCUT2D eigenvalue weighted by molar-refractivity contribution is 0.0927. The van der Waals surface area contributed by atoms with Crippen molar-refractivity contribution in [1.82, 2.24) is 10.6 Å². The van der Waals surface area contributed by atoms with E-state index in [1.54, 1.807) is 18.2 Å². The van der Waals surface area contributed by atoms with Gasteiger partial charge >= 0.3 is 0 Å². The first-order valence-electron chi connectivity index (χ1n) is 6.56. The number of benzene rings is 1. The maximum absolute atomic E-state index is 11.9. The number of nitrogens with one attached hydrogen (secondary N) is 2. The van der Waals surface area contributed by atoms with Crippen LogP contribution in [0.15, 0.2) is 40.8 Å². The minimum Gasteiger partial charge on any atom is -0.451 e. The molecular weight excluding hydrogens is 276 g/mol. The van der Waals surface area contributed by atoms with Crippen molar-refractivity contribution in [3.63, 3.8) is 0 Å². The number of amides is 1. The zero-order valence-corrected chi connectivity index (χ0v) is 12.0. The van der Waals surface area contributed by atoms with E-state index in [4.69, 9.17) is 16.0 Å². The largest absolute Gasteiger partial charge is 0.451 e. The molecule has 20 heavy (non-hydrogen) atoms. The third-order valence-corrected chi connectivity index (χ3v) is 3.14. The van der Waals surface area contributed by atoms with Crippen LogP contribution in [0.2, 0.25) is 5.02 Å². The SMILES string of the molecule is CCNCCNC(=O)c1ccc(-c2ccccc2Cl)o1. The molecule has 1 aromatic heterocycles. The molecule has 0 aliphatic rings. The summed E-state index contributed by atoms with van der Waals surface area (Å²) in [4.78, 5) is 11.9. The van der Waals surface area contributed by atoms with E-state index in [9.17, 15) is 4.79 Å². The van der Waals surface area contributed by atoms with Crippen molar-refractivity contribution in [2.24, 2.45) is 0 Å². The third-order valence-electron chi connectivity index (χ3n) is 2.81. The Hall–Kier alpha value is -1.78. The maximum atomic E-state index is 11.9. The lowest BCUT2D eigenvalue weighted by Gasteiger charge is -2.03. The van der Waals surface area contributed by atoms with Gasteiger partial charge in [0.2, 0.25) is 0 Å². The normalized spacial score (nSPS) is 10.5. The van der Waals surface area contributed by atoms with Crippen LogP contribution in [-0.2, 0) is 0 Å². The minimum absolute atomic E-state index is 0.221. The molecule has 4 nitrogen and oxygen atoms in total. The van der Waals surface area contributed by atoms with Crippen LogP contribution < -0.4 is 10.6 Å². The predicted octanol–water partition coefficient (Wildman–Crippen LogP) is 2.94. The van der Waals surface area contributed by atoms with Crippen LogP contribution in [0.1, 0.15) is 17.5 Å². The fraction of sp³-hybridized carbons (Fsp3) is 0.267. The first-order chi connectivity index (χ1) is 9.72. The Bertz CT molecular complexity index is 581. The number of carbonyl (C=O) groups is 1. The van der Waals surface area contributed by atoms with Gasteiger partial charge in [0, 0.05) is 18.7 Å². The topological polar surface area (TPSA) is 54.3 Å². The summed E-state index contributed by atoms with van der Waals surface area (Å²) in [7, 11) is 0. The lowest BCUT2D eigenvalue weighted by atomic mass is 10.2. The maximum Gasteiger partial charge on any atom is 0.287 e. The van der Waals surface area contributed by atoms with Gasteiger partial charge in [-0.2, -0.15) is 0 Å². The van der Waals surface area contributed by atoms with Crippen LogP contribution in [0.5, 0.6) is 0 Å². The Balaban J connectivity index is 2.02. The average Bonchev–Trinajstić information content (AvgIpc) is 2.93. The first-order valence-corrected chi connectivity index (χ1v) is 6.94. The van der Waals surface area contributed by atoms with Gasteiger partial charge in [-0.05, 0) is 30.8 Å². The highest BCUT2D eigenvalue weighted by Gasteiger charge is 2.13. The van der Waals surface area contributed by atoms with Gasteiger partial charge in [0.1, 0.15) is 5.76 Å². The van der Waals surface area contributed by atoms with Crippen molar-refractivity contribution in [2.45, 2.75) is 6.92 Å². The quantitative estimate of drug-likeness (QED) is 0.805. The van der Waals surface area contributed by atoms with E-state index in [1.165, 1.54) is 0 Å². The van der Waals surface area contributed by atoms with Gasteiger partial charge < -0.3 is 15.1 Å². The van der Waals surface area contributed by atoms with Crippen LogP contribution in [0.25, 0.3) is 11.3 Å². The number of likely N-dealkylation sites (N-methyl/N-ethyl adjacent to an activating group) is 1. The number of hydrogen-bond acceptors (Lipinski definition) is 3. The van der Waals surface area contributed by atoms with Crippen molar-refractivity contribution in [2.75, 3.05) is 19.6 Å². The van der Waals surface area contributed by atoms with E-state index in [2.05, 4.69) is 10.6 Å². The molecule has 2 aromatic rings. The summed E-state index contributed by atoms with van der Waals surface area (Å²) in [6.07, 6.45) is 0. The molecule has 2 N–H and O–H groups in total. The Labute approximate surface area is 123 Å². The van der Waals surface area contributed by atoms with E-state index < -0.39 is 0 Å². The first kappa shape index (κ1) is 14.6. The van der Waals surface area contributed by atoms with Crippen molar-refractivity contribution >= 4 is 17.5 Å². The summed E-state index contributed by atoms with van der Waals surface area (Å²) >= 11 is 6.10. The molecule has 0 fully saturated rings. The molecule has 0 saturated carbocycles. The molecule has 0 saturated heterocycles. The molecule has 1 aromatic carbocycles. The Morgan fingerprint density at radius 2 is 2.00 bits per heavy atom. The van der Waals surface area contributed by atoms with Gasteiger partial charge in [0.25, 0.3) is 5.91 Å². The predicted molar refractivity (Wildman–Crippen MR) is 80.0 cm³/mol. The average molecular weight is 293 g/mol. The van der Waals surface area contributed by atoms with Gasteiger partial charge in [-0.15, -0.1) is 0 Å². The standard InChI is InChI=1S/C15H17ClN2O2/c1-2-17-9-10-18-15(19)14-8-7-13(20-14)11-5-3-4-6-12(11)16/h3-8,17H,2,9-10H2,1H3,(H,18,19). The van der Waals surface area contributed by atoms with E-state index in [0.717, 1.165) is 18.7 Å². The van der Waals surface area contributed by atoms with Crippen LogP contribution in [-0.4, -0.2) is 25.5 Å². The zero-order valence-electron chi connectivity index (χ0n) is 11.3. The molecule has 1 heterocycles. The molecule has 5 heteroatoms. The summed E-state index contributed by atoms with van der Waals surface area (Å²) in [5.41, 5.74) is 0.779. The fourth-order valence-electron chi connectivity index (χ4n) is 1.79. The summed E-state index contributed by atoms with van der Waals surface area (Å²) in [6, 6.07) is 10.8. The van der Waals surface area contributed by atoms with Gasteiger partial charge in [0.15, 0.2) is 5.76 Å². The molecule has 0 atom stereocenters. The Morgan fingerprint density at radius 1 is 1.20 bits per heavy atom. The zero-order chi connectivity index (χ0) is 14.4. The van der Waals surface area contributed by atoms with Crippen molar-refractivity contribution in [1.29, 1.82) is 0 Å². The Morgan fingerprint density at radius 3 is 2.75 bits per heavy atom. The second-order valence-corrected chi connectivity index (χ2v) is 4.66. The van der Waals surface area contributed by atoms with E-state index in [-0.39, 0.29) is 11.7 Å². The fourth-order valence-corrected chi connectivity index (χ4v) is 2.02. The van der Waals surface area contributed by atoms with E-state index in [1.807, 2.05) is 25.1 Å². The number of furan rings is 1. The molecule has 0 unspecified atom stereocenters. The highest BCUT2D eigenvalue weighted by molar-refractivity contribution is 6.33. The molecule has 106 valence electrons. The summed E-state index contributed by atoms with van der Waals surface area (Å²) in [5.74, 6) is 0.657. The molecule has 0 bridgehead atoms. The second-order valence-electron chi connectivity index (χ2n) is 4.25. The third kappa shape index (κ3) is 3.62. The molecule has 2 rings (SSSR count). The van der Waals surface area contributed by atoms with Gasteiger partial charge in [-0.1, -0.05) is 30.7 Å². The van der Waals surface area contributed by atoms with Crippen LogP contribution in [0, 0.1) is 0 Å². The molecule has 1 amide bonds. The summed E-state index contributed by atoms with van der Waals surface area (Å²) < 4.78 is 5.55. The van der Waals surface area contributed by atoms with Crippen LogP contribution >= 0.6 is 11.6 Å². The monoisotopic (exact) mass is 292 g/mol. The number of carbonyl (C=O) groups excluding carboxylic acids is 1. The smallest absolute Gasteiger partial charge is 0.287 e. The number of halogens is 1. The van der Waals surface area contributed by atoms with E-state index in [0.29, 0.717) is 17.3 Å². The highest BCUT2D eigenvalue weighted by atomic mass is 35.5. The van der Waals surface area contributed by atoms with Crippen molar-refractivity contribution < 1.29 is 9.21 Å². The van der Waals surface area contributed by atoms with Crippen LogP contribution in [0.4, 0.5) is 0 Å². The molecule has 0 spiro atoms. The van der Waals surface area contributed by atoms with Crippen molar-refractivity contribution in [3.05, 3.63) is 47.2 Å². The number of hydrogen-bond donors (Lipinski definition) is 2. The second kappa shape index (κ2) is 7.12. The lowest BCUT2D eigenvalue weighted by Crippen LogP contribution is -2.31. The van der Waals surface area contributed by atoms with Gasteiger partial charge in [-0.25, -0.2) is 0 Å². The van der Waals surface area contributed by atoms with Gasteiger partial charge in [-0.3, -0.25) is 4.79 Å². The molecular formula is C15H17ClN2O2. The highest BCUT2D eigenvalue weighted by Crippen LogP contribution is 2.28. The van der Waals surface area contributed by atoms with Gasteiger partial charge in [0.05, 0.1) is 5.02 Å². The Kier molecular flexibility index (Phi) is 5.21. The summed E-state index contributed by atoms with van der Waals surface area (Å²) in [6.45, 7) is 4.20. The molecule has 0 aliphatic carbocycles.